The van der Waals surface area contributed by atoms with Crippen LogP contribution in [0.25, 0.3) is 0 Å². The summed E-state index contributed by atoms with van der Waals surface area (Å²) in [5.74, 6) is 0. The van der Waals surface area contributed by atoms with Gasteiger partial charge in [-0.05, 0) is 11.8 Å². The van der Waals surface area contributed by atoms with Gasteiger partial charge in [-0.25, -0.2) is 0 Å². The second-order valence-corrected chi connectivity index (χ2v) is 5.75. The molecular formula is C12H24N2O. The molecule has 2 fully saturated rings. The summed E-state index contributed by atoms with van der Waals surface area (Å²) in [5.41, 5.74) is 0.519. The van der Waals surface area contributed by atoms with Gasteiger partial charge in [0.25, 0.3) is 0 Å². The Hall–Kier alpha value is -0.120. The summed E-state index contributed by atoms with van der Waals surface area (Å²) < 4.78 is 5.98. The normalized spacial score (nSPS) is 30.2. The summed E-state index contributed by atoms with van der Waals surface area (Å²) in [4.78, 5) is 0. The van der Waals surface area contributed by atoms with Crippen molar-refractivity contribution in [3.05, 3.63) is 0 Å². The molecule has 0 aromatic heterocycles. The second-order valence-electron chi connectivity index (χ2n) is 5.75. The van der Waals surface area contributed by atoms with Crippen molar-refractivity contribution in [3.63, 3.8) is 0 Å². The summed E-state index contributed by atoms with van der Waals surface area (Å²) in [6, 6.07) is 0.530. The molecule has 88 valence electrons. The molecular weight excluding hydrogens is 188 g/mol. The molecule has 0 bridgehead atoms. The van der Waals surface area contributed by atoms with Crippen molar-refractivity contribution >= 4 is 0 Å². The Morgan fingerprint density at radius 2 is 2.13 bits per heavy atom. The number of nitrogens with one attached hydrogen (secondary N) is 2. The highest BCUT2D eigenvalue weighted by atomic mass is 16.5. The number of rotatable bonds is 3. The van der Waals surface area contributed by atoms with Crippen LogP contribution in [0.15, 0.2) is 0 Å². The number of hydrogen-bond donors (Lipinski definition) is 2. The van der Waals surface area contributed by atoms with Gasteiger partial charge in [-0.15, -0.1) is 0 Å². The van der Waals surface area contributed by atoms with E-state index in [1.165, 1.54) is 12.8 Å². The molecule has 2 saturated heterocycles. The Kier molecular flexibility index (Phi) is 3.06. The van der Waals surface area contributed by atoms with Gasteiger partial charge < -0.3 is 15.4 Å². The lowest BCUT2D eigenvalue weighted by molar-refractivity contribution is -0.134. The lowest BCUT2D eigenvalue weighted by Crippen LogP contribution is -2.73. The largest absolute Gasteiger partial charge is 0.369 e. The summed E-state index contributed by atoms with van der Waals surface area (Å²) >= 11 is 0. The van der Waals surface area contributed by atoms with Crippen molar-refractivity contribution in [3.8, 4) is 0 Å². The first-order valence-corrected chi connectivity index (χ1v) is 6.16. The van der Waals surface area contributed by atoms with Crippen LogP contribution in [0.5, 0.6) is 0 Å². The van der Waals surface area contributed by atoms with Crippen LogP contribution >= 0.6 is 0 Å². The fourth-order valence-corrected chi connectivity index (χ4v) is 2.45. The third kappa shape index (κ3) is 2.19. The maximum atomic E-state index is 5.98. The van der Waals surface area contributed by atoms with E-state index in [9.17, 15) is 0 Å². The summed E-state index contributed by atoms with van der Waals surface area (Å²) in [5, 5.41) is 6.98. The van der Waals surface area contributed by atoms with E-state index < -0.39 is 0 Å². The zero-order chi connectivity index (χ0) is 10.9. The Morgan fingerprint density at radius 3 is 2.67 bits per heavy atom. The molecule has 2 aliphatic heterocycles. The maximum Gasteiger partial charge on any atom is 0.108 e. The van der Waals surface area contributed by atoms with Crippen molar-refractivity contribution in [1.29, 1.82) is 0 Å². The minimum absolute atomic E-state index is 0.102. The molecule has 2 aliphatic rings. The first-order valence-electron chi connectivity index (χ1n) is 6.16. The van der Waals surface area contributed by atoms with Crippen molar-refractivity contribution in [2.24, 2.45) is 5.41 Å². The first kappa shape index (κ1) is 11.4. The van der Waals surface area contributed by atoms with Crippen LogP contribution in [0.3, 0.4) is 0 Å². The number of hydrogen-bond acceptors (Lipinski definition) is 3. The molecule has 1 spiro atoms. The van der Waals surface area contributed by atoms with Crippen LogP contribution in [0, 0.1) is 5.41 Å². The molecule has 2 N–H and O–H groups in total. The van der Waals surface area contributed by atoms with E-state index in [2.05, 4.69) is 31.4 Å². The lowest BCUT2D eigenvalue weighted by atomic mass is 9.75. The van der Waals surface area contributed by atoms with E-state index in [1.807, 2.05) is 0 Å². The molecule has 2 rings (SSSR count). The molecule has 1 unspecified atom stereocenters. The van der Waals surface area contributed by atoms with E-state index in [0.29, 0.717) is 11.5 Å². The fraction of sp³-hybridized carbons (Fsp3) is 1.00. The SMILES string of the molecule is CCC(C)(C)CC1NCCOC12CNC2. The van der Waals surface area contributed by atoms with Crippen molar-refractivity contribution in [2.75, 3.05) is 26.2 Å². The van der Waals surface area contributed by atoms with Crippen LogP contribution in [-0.4, -0.2) is 37.9 Å². The number of ether oxygens (including phenoxy) is 1. The van der Waals surface area contributed by atoms with E-state index in [4.69, 9.17) is 4.74 Å². The van der Waals surface area contributed by atoms with Gasteiger partial charge in [0.05, 0.1) is 6.61 Å². The third-order valence-corrected chi connectivity index (χ3v) is 4.08. The highest BCUT2D eigenvalue weighted by Gasteiger charge is 2.48. The fourth-order valence-electron chi connectivity index (χ4n) is 2.45. The zero-order valence-electron chi connectivity index (χ0n) is 10.2. The van der Waals surface area contributed by atoms with Gasteiger partial charge in [0.15, 0.2) is 0 Å². The van der Waals surface area contributed by atoms with Gasteiger partial charge in [0.1, 0.15) is 5.60 Å². The zero-order valence-corrected chi connectivity index (χ0v) is 10.2. The topological polar surface area (TPSA) is 33.3 Å². The minimum atomic E-state index is 0.102. The van der Waals surface area contributed by atoms with Crippen LogP contribution in [0.2, 0.25) is 0 Å². The summed E-state index contributed by atoms with van der Waals surface area (Å²) in [6.45, 7) is 10.9. The summed E-state index contributed by atoms with van der Waals surface area (Å²) in [6.07, 6.45) is 2.44. The first-order chi connectivity index (χ1) is 7.08. The lowest BCUT2D eigenvalue weighted by Gasteiger charge is -2.52. The van der Waals surface area contributed by atoms with Gasteiger partial charge in [-0.3, -0.25) is 0 Å². The van der Waals surface area contributed by atoms with Gasteiger partial charge in [0, 0.05) is 25.7 Å². The molecule has 0 radical (unpaired) electrons. The molecule has 15 heavy (non-hydrogen) atoms. The average molecular weight is 212 g/mol. The monoisotopic (exact) mass is 212 g/mol. The van der Waals surface area contributed by atoms with E-state index in [0.717, 1.165) is 26.2 Å². The predicted molar refractivity (Wildman–Crippen MR) is 62.0 cm³/mol. The molecule has 0 saturated carbocycles. The molecule has 3 nitrogen and oxygen atoms in total. The third-order valence-electron chi connectivity index (χ3n) is 4.08. The van der Waals surface area contributed by atoms with Crippen LogP contribution in [0.1, 0.15) is 33.6 Å². The Bertz CT molecular complexity index is 224. The van der Waals surface area contributed by atoms with Crippen molar-refractivity contribution < 1.29 is 4.74 Å². The standard InChI is InChI=1S/C12H24N2O/c1-4-11(2,3)7-10-12(8-13-9-12)15-6-5-14-10/h10,13-14H,4-9H2,1-3H3. The minimum Gasteiger partial charge on any atom is -0.369 e. The maximum absolute atomic E-state index is 5.98. The highest BCUT2D eigenvalue weighted by molar-refractivity contribution is 5.06. The smallest absolute Gasteiger partial charge is 0.108 e. The Morgan fingerprint density at radius 1 is 1.40 bits per heavy atom. The summed E-state index contributed by atoms with van der Waals surface area (Å²) in [7, 11) is 0. The van der Waals surface area contributed by atoms with Crippen LogP contribution in [-0.2, 0) is 4.74 Å². The van der Waals surface area contributed by atoms with Gasteiger partial charge in [0.2, 0.25) is 0 Å². The van der Waals surface area contributed by atoms with E-state index in [1.54, 1.807) is 0 Å². The van der Waals surface area contributed by atoms with Crippen LogP contribution in [0.4, 0.5) is 0 Å². The second kappa shape index (κ2) is 4.04. The molecule has 0 amide bonds. The van der Waals surface area contributed by atoms with Crippen molar-refractivity contribution in [1.82, 2.24) is 10.6 Å². The Balaban J connectivity index is 1.99. The quantitative estimate of drug-likeness (QED) is 0.736. The van der Waals surface area contributed by atoms with Gasteiger partial charge in [-0.2, -0.15) is 0 Å². The molecule has 2 heterocycles. The predicted octanol–water partition coefficient (Wildman–Crippen LogP) is 1.14. The van der Waals surface area contributed by atoms with E-state index in [-0.39, 0.29) is 5.60 Å². The molecule has 0 aliphatic carbocycles. The van der Waals surface area contributed by atoms with Gasteiger partial charge in [-0.1, -0.05) is 27.2 Å². The van der Waals surface area contributed by atoms with E-state index >= 15 is 0 Å². The highest BCUT2D eigenvalue weighted by Crippen LogP contribution is 2.34. The molecule has 3 heteroatoms. The van der Waals surface area contributed by atoms with Crippen molar-refractivity contribution in [2.45, 2.75) is 45.3 Å². The Labute approximate surface area is 93.0 Å². The molecule has 1 atom stereocenters. The molecule has 0 aromatic rings. The van der Waals surface area contributed by atoms with Crippen LogP contribution < -0.4 is 10.6 Å². The van der Waals surface area contributed by atoms with Gasteiger partial charge >= 0.3 is 0 Å². The molecule has 0 aromatic carbocycles. The average Bonchev–Trinajstić information content (AvgIpc) is 2.16. The number of morpholine rings is 1.